The molecule has 0 bridgehead atoms. The van der Waals surface area contributed by atoms with E-state index in [2.05, 4.69) is 49.3 Å². The van der Waals surface area contributed by atoms with E-state index >= 15 is 0 Å². The van der Waals surface area contributed by atoms with Gasteiger partial charge in [-0.2, -0.15) is 0 Å². The Bertz CT molecular complexity index is 416. The zero-order chi connectivity index (χ0) is 13.8. The quantitative estimate of drug-likeness (QED) is 0.822. The van der Waals surface area contributed by atoms with Crippen molar-refractivity contribution in [2.75, 3.05) is 7.11 Å². The number of nitrogens with one attached hydrogen (secondary N) is 1. The lowest BCUT2D eigenvalue weighted by molar-refractivity contribution is 0.111. The summed E-state index contributed by atoms with van der Waals surface area (Å²) in [6, 6.07) is 4.55. The van der Waals surface area contributed by atoms with Gasteiger partial charge in [0.15, 0.2) is 0 Å². The minimum atomic E-state index is -0.138. The number of hydrogen-bond donors (Lipinski definition) is 2. The van der Waals surface area contributed by atoms with E-state index in [4.69, 9.17) is 4.74 Å². The molecular weight excluding hydrogens is 374 g/mol. The zero-order valence-corrected chi connectivity index (χ0v) is 14.1. The van der Waals surface area contributed by atoms with Gasteiger partial charge >= 0.3 is 0 Å². The van der Waals surface area contributed by atoms with Gasteiger partial charge in [-0.05, 0) is 75.2 Å². The van der Waals surface area contributed by atoms with Gasteiger partial charge in [-0.3, -0.25) is 0 Å². The number of hydrogen-bond acceptors (Lipinski definition) is 3. The van der Waals surface area contributed by atoms with Crippen molar-refractivity contribution < 1.29 is 9.84 Å². The molecule has 19 heavy (non-hydrogen) atoms. The summed E-state index contributed by atoms with van der Waals surface area (Å²) in [4.78, 5) is 0. The summed E-state index contributed by atoms with van der Waals surface area (Å²) in [5, 5.41) is 13.2. The van der Waals surface area contributed by atoms with Crippen molar-refractivity contribution in [3.8, 4) is 5.75 Å². The van der Waals surface area contributed by atoms with Crippen molar-refractivity contribution in [1.29, 1.82) is 0 Å². The molecule has 1 aromatic carbocycles. The summed E-state index contributed by atoms with van der Waals surface area (Å²) in [7, 11) is 1.66. The van der Waals surface area contributed by atoms with Crippen LogP contribution in [-0.4, -0.2) is 24.4 Å². The first kappa shape index (κ1) is 15.3. The van der Waals surface area contributed by atoms with Gasteiger partial charge in [-0.1, -0.05) is 0 Å². The van der Waals surface area contributed by atoms with Crippen LogP contribution in [0.25, 0.3) is 0 Å². The lowest BCUT2D eigenvalue weighted by Crippen LogP contribution is -2.35. The van der Waals surface area contributed by atoms with Crippen LogP contribution in [0.3, 0.4) is 0 Å². The van der Waals surface area contributed by atoms with Crippen LogP contribution in [-0.2, 0) is 6.54 Å². The van der Waals surface area contributed by atoms with E-state index in [9.17, 15) is 5.11 Å². The maximum atomic E-state index is 9.66. The number of aliphatic hydroxyl groups is 1. The molecule has 0 aromatic heterocycles. The maximum absolute atomic E-state index is 9.66. The minimum absolute atomic E-state index is 0.138. The molecule has 0 saturated heterocycles. The average Bonchev–Trinajstić information content (AvgIpc) is 2.36. The molecule has 0 spiro atoms. The smallest absolute Gasteiger partial charge is 0.147 e. The fraction of sp³-hybridized carbons (Fsp3) is 0.571. The number of rotatable bonds is 4. The normalized spacial score (nSPS) is 23.4. The molecule has 0 radical (unpaired) electrons. The van der Waals surface area contributed by atoms with Crippen LogP contribution >= 0.6 is 31.9 Å². The van der Waals surface area contributed by atoms with Gasteiger partial charge in [-0.25, -0.2) is 0 Å². The van der Waals surface area contributed by atoms with Crippen LogP contribution in [0.2, 0.25) is 0 Å². The second-order valence-electron chi connectivity index (χ2n) is 4.99. The highest BCUT2D eigenvalue weighted by molar-refractivity contribution is 9.11. The van der Waals surface area contributed by atoms with Crippen LogP contribution < -0.4 is 10.1 Å². The summed E-state index contributed by atoms with van der Waals surface area (Å²) in [6.07, 6.45) is 3.92. The molecule has 1 aliphatic rings. The molecule has 3 nitrogen and oxygen atoms in total. The fourth-order valence-electron chi connectivity index (χ4n) is 2.52. The summed E-state index contributed by atoms with van der Waals surface area (Å²) in [5.41, 5.74) is 1.19. The molecule has 2 atom stereocenters. The fourth-order valence-corrected chi connectivity index (χ4v) is 4.13. The third-order valence-corrected chi connectivity index (χ3v) is 4.68. The van der Waals surface area contributed by atoms with Gasteiger partial charge < -0.3 is 15.2 Å². The summed E-state index contributed by atoms with van der Waals surface area (Å²) in [5.74, 6) is 0.817. The first-order chi connectivity index (χ1) is 9.10. The van der Waals surface area contributed by atoms with Crippen LogP contribution in [0, 0.1) is 0 Å². The molecule has 2 rings (SSSR count). The Hall–Kier alpha value is -0.100. The van der Waals surface area contributed by atoms with Crippen molar-refractivity contribution in [2.45, 2.75) is 44.4 Å². The molecular formula is C14H19Br2NO2. The molecule has 0 aliphatic heterocycles. The van der Waals surface area contributed by atoms with E-state index < -0.39 is 0 Å². The lowest BCUT2D eigenvalue weighted by Gasteiger charge is -2.26. The van der Waals surface area contributed by atoms with E-state index in [0.717, 1.165) is 46.9 Å². The Morgan fingerprint density at radius 1 is 1.32 bits per heavy atom. The van der Waals surface area contributed by atoms with E-state index in [1.807, 2.05) is 0 Å². The van der Waals surface area contributed by atoms with E-state index in [-0.39, 0.29) is 6.10 Å². The van der Waals surface area contributed by atoms with Crippen molar-refractivity contribution in [3.63, 3.8) is 0 Å². The first-order valence-corrected chi connectivity index (χ1v) is 8.12. The highest BCUT2D eigenvalue weighted by atomic mass is 79.9. The Morgan fingerprint density at radius 3 is 2.58 bits per heavy atom. The summed E-state index contributed by atoms with van der Waals surface area (Å²) < 4.78 is 7.19. The van der Waals surface area contributed by atoms with E-state index in [0.29, 0.717) is 6.04 Å². The molecule has 0 amide bonds. The summed E-state index contributed by atoms with van der Waals surface area (Å²) in [6.45, 7) is 0.804. The lowest BCUT2D eigenvalue weighted by atomic mass is 9.93. The topological polar surface area (TPSA) is 41.5 Å². The molecule has 5 heteroatoms. The van der Waals surface area contributed by atoms with E-state index in [1.54, 1.807) is 7.11 Å². The average molecular weight is 393 g/mol. The highest BCUT2D eigenvalue weighted by Crippen LogP contribution is 2.34. The van der Waals surface area contributed by atoms with Gasteiger partial charge in [0, 0.05) is 12.6 Å². The van der Waals surface area contributed by atoms with Crippen LogP contribution in [0.5, 0.6) is 5.75 Å². The maximum Gasteiger partial charge on any atom is 0.147 e. The molecule has 1 aliphatic carbocycles. The van der Waals surface area contributed by atoms with Gasteiger partial charge in [0.2, 0.25) is 0 Å². The molecule has 106 valence electrons. The van der Waals surface area contributed by atoms with Crippen molar-refractivity contribution in [2.24, 2.45) is 0 Å². The predicted molar refractivity (Wildman–Crippen MR) is 83.5 cm³/mol. The second kappa shape index (κ2) is 7.07. The van der Waals surface area contributed by atoms with Gasteiger partial charge in [0.1, 0.15) is 5.75 Å². The van der Waals surface area contributed by atoms with Crippen molar-refractivity contribution in [1.82, 2.24) is 5.32 Å². The SMILES string of the molecule is COc1c(Br)cc(CN[C@H]2CCC[C@@H](O)C2)cc1Br. The predicted octanol–water partition coefficient (Wildman–Crippen LogP) is 3.61. The number of halogens is 2. The van der Waals surface area contributed by atoms with Gasteiger partial charge in [0.05, 0.1) is 22.2 Å². The summed E-state index contributed by atoms with van der Waals surface area (Å²) >= 11 is 7.02. The van der Waals surface area contributed by atoms with Crippen molar-refractivity contribution in [3.05, 3.63) is 26.6 Å². The molecule has 1 saturated carbocycles. The Balaban J connectivity index is 1.96. The molecule has 0 heterocycles. The Kier molecular flexibility index (Phi) is 5.69. The van der Waals surface area contributed by atoms with Gasteiger partial charge in [0.25, 0.3) is 0 Å². The van der Waals surface area contributed by atoms with Crippen LogP contribution in [0.1, 0.15) is 31.2 Å². The number of ether oxygens (including phenoxy) is 1. The molecule has 1 aromatic rings. The zero-order valence-electron chi connectivity index (χ0n) is 11.0. The minimum Gasteiger partial charge on any atom is -0.494 e. The van der Waals surface area contributed by atoms with Crippen LogP contribution in [0.15, 0.2) is 21.1 Å². The Morgan fingerprint density at radius 2 is 2.00 bits per heavy atom. The molecule has 2 N–H and O–H groups in total. The number of aliphatic hydroxyl groups excluding tert-OH is 1. The second-order valence-corrected chi connectivity index (χ2v) is 6.70. The standard InChI is InChI=1S/C14H19Br2NO2/c1-19-14-12(15)5-9(6-13(14)16)8-17-10-3-2-4-11(18)7-10/h5-6,10-11,17-18H,2-4,7-8H2,1H3/t10-,11+/m0/s1. The number of methoxy groups -OCH3 is 1. The Labute approximate surface area is 131 Å². The first-order valence-electron chi connectivity index (χ1n) is 6.53. The monoisotopic (exact) mass is 391 g/mol. The largest absolute Gasteiger partial charge is 0.494 e. The van der Waals surface area contributed by atoms with Gasteiger partial charge in [-0.15, -0.1) is 0 Å². The third-order valence-electron chi connectivity index (χ3n) is 3.50. The van der Waals surface area contributed by atoms with E-state index in [1.165, 1.54) is 5.56 Å². The molecule has 1 fully saturated rings. The van der Waals surface area contributed by atoms with Crippen LogP contribution in [0.4, 0.5) is 0 Å². The number of benzene rings is 1. The highest BCUT2D eigenvalue weighted by Gasteiger charge is 2.19. The van der Waals surface area contributed by atoms with Crippen molar-refractivity contribution >= 4 is 31.9 Å². The third kappa shape index (κ3) is 4.18. The molecule has 0 unspecified atom stereocenters.